The fraction of sp³-hybridized carbons (Fsp3) is 0.778. The molecule has 0 radical (unpaired) electrons. The van der Waals surface area contributed by atoms with Crippen molar-refractivity contribution in [3.8, 4) is 5.75 Å². The molecule has 28 heavy (non-hydrogen) atoms. The van der Waals surface area contributed by atoms with Crippen LogP contribution in [0, 0.1) is 28.6 Å². The Morgan fingerprint density at radius 1 is 0.857 bits per heavy atom. The first-order valence-corrected chi connectivity index (χ1v) is 12.4. The maximum Gasteiger partial charge on any atom is 0.120 e. The van der Waals surface area contributed by atoms with Crippen LogP contribution in [0.25, 0.3) is 0 Å². The minimum atomic E-state index is 0.475. The number of rotatable bonds is 3. The molecular weight excluding hydrogens is 340 g/mol. The van der Waals surface area contributed by atoms with E-state index in [1.54, 1.807) is 11.1 Å². The summed E-state index contributed by atoms with van der Waals surface area (Å²) < 4.78 is 6.32. The zero-order valence-electron chi connectivity index (χ0n) is 18.0. The molecule has 0 amide bonds. The number of aryl methyl sites for hydroxylation is 1. The first kappa shape index (κ1) is 17.8. The van der Waals surface area contributed by atoms with E-state index in [1.165, 1.54) is 77.0 Å². The fourth-order valence-corrected chi connectivity index (χ4v) is 8.52. The summed E-state index contributed by atoms with van der Waals surface area (Å²) in [6.45, 7) is 5.38. The van der Waals surface area contributed by atoms with Crippen molar-refractivity contribution in [2.24, 2.45) is 28.6 Å². The Balaban J connectivity index is 1.25. The molecule has 0 heterocycles. The average Bonchev–Trinajstić information content (AvgIpc) is 3.37. The van der Waals surface area contributed by atoms with Gasteiger partial charge in [-0.25, -0.2) is 0 Å². The van der Waals surface area contributed by atoms with Crippen LogP contribution < -0.4 is 4.74 Å². The molecule has 0 spiro atoms. The molecule has 1 aromatic carbocycles. The molecule has 0 bridgehead atoms. The van der Waals surface area contributed by atoms with Gasteiger partial charge in [0.05, 0.1) is 6.10 Å². The zero-order chi connectivity index (χ0) is 18.9. The molecule has 0 unspecified atom stereocenters. The van der Waals surface area contributed by atoms with Crippen molar-refractivity contribution in [3.63, 3.8) is 0 Å². The molecule has 4 fully saturated rings. The Morgan fingerprint density at radius 2 is 1.64 bits per heavy atom. The van der Waals surface area contributed by atoms with Crippen LogP contribution >= 0.6 is 0 Å². The second-order valence-corrected chi connectivity index (χ2v) is 11.5. The maximum absolute atomic E-state index is 6.32. The van der Waals surface area contributed by atoms with E-state index < -0.39 is 0 Å². The smallest absolute Gasteiger partial charge is 0.120 e. The van der Waals surface area contributed by atoms with Crippen LogP contribution in [0.2, 0.25) is 0 Å². The maximum atomic E-state index is 6.32. The summed E-state index contributed by atoms with van der Waals surface area (Å²) in [4.78, 5) is 0. The molecular formula is C27H38O. The molecule has 1 nitrogen and oxygen atoms in total. The molecule has 4 saturated carbocycles. The highest BCUT2D eigenvalue weighted by Gasteiger charge is 2.63. The van der Waals surface area contributed by atoms with Gasteiger partial charge in [0.1, 0.15) is 5.75 Å². The standard InChI is InChI=1S/C27H38O/c1-26(19-8-9-19)16-14-25-24-11-7-18-17-21(28-20-5-3-4-6-20)10-12-22(18)23(24)13-15-27(25,26)2/h10,12,17,19-20,23-25H,3-9,11,13-16H2,1-2H3/t23-,24-,25+,26-,27+/m1/s1. The van der Waals surface area contributed by atoms with Crippen molar-refractivity contribution in [1.82, 2.24) is 0 Å². The van der Waals surface area contributed by atoms with Gasteiger partial charge >= 0.3 is 0 Å². The Kier molecular flexibility index (Phi) is 3.99. The Labute approximate surface area is 171 Å². The highest BCUT2D eigenvalue weighted by atomic mass is 16.5. The van der Waals surface area contributed by atoms with E-state index in [-0.39, 0.29) is 0 Å². The summed E-state index contributed by atoms with van der Waals surface area (Å²) in [5, 5.41) is 0. The summed E-state index contributed by atoms with van der Waals surface area (Å²) in [6, 6.07) is 7.19. The van der Waals surface area contributed by atoms with Crippen LogP contribution in [-0.4, -0.2) is 6.10 Å². The lowest BCUT2D eigenvalue weighted by Crippen LogP contribution is -2.46. The van der Waals surface area contributed by atoms with Gasteiger partial charge in [-0.3, -0.25) is 0 Å². The van der Waals surface area contributed by atoms with E-state index in [0.717, 1.165) is 29.4 Å². The first-order chi connectivity index (χ1) is 13.6. The molecule has 1 heteroatoms. The van der Waals surface area contributed by atoms with Gasteiger partial charge in [-0.05, 0) is 135 Å². The number of ether oxygens (including phenoxy) is 1. The Morgan fingerprint density at radius 3 is 2.43 bits per heavy atom. The summed E-state index contributed by atoms with van der Waals surface area (Å²) in [5.74, 6) is 4.92. The summed E-state index contributed by atoms with van der Waals surface area (Å²) in [7, 11) is 0. The van der Waals surface area contributed by atoms with E-state index in [0.29, 0.717) is 16.9 Å². The minimum absolute atomic E-state index is 0.475. The molecule has 0 saturated heterocycles. The highest BCUT2D eigenvalue weighted by molar-refractivity contribution is 5.41. The number of hydrogen-bond donors (Lipinski definition) is 0. The van der Waals surface area contributed by atoms with Gasteiger partial charge < -0.3 is 4.74 Å². The van der Waals surface area contributed by atoms with Gasteiger partial charge in [0.15, 0.2) is 0 Å². The highest BCUT2D eigenvalue weighted by Crippen LogP contribution is 2.72. The van der Waals surface area contributed by atoms with E-state index in [4.69, 9.17) is 4.74 Å². The molecule has 6 rings (SSSR count). The van der Waals surface area contributed by atoms with Crippen molar-refractivity contribution >= 4 is 0 Å². The predicted octanol–water partition coefficient (Wildman–Crippen LogP) is 7.28. The summed E-state index contributed by atoms with van der Waals surface area (Å²) >= 11 is 0. The molecule has 0 aromatic heterocycles. The fourth-order valence-electron chi connectivity index (χ4n) is 8.52. The average molecular weight is 379 g/mol. The lowest BCUT2D eigenvalue weighted by molar-refractivity contribution is -0.0295. The van der Waals surface area contributed by atoms with E-state index in [1.807, 2.05) is 0 Å². The molecule has 152 valence electrons. The lowest BCUT2D eigenvalue weighted by Gasteiger charge is -2.54. The van der Waals surface area contributed by atoms with Crippen molar-refractivity contribution < 1.29 is 4.74 Å². The SMILES string of the molecule is C[C@]12CC[C@@H]3c4ccc(OC5CCCC5)cc4CC[C@H]3[C@@H]1CC[C@]2(C)C1CC1. The molecule has 5 aliphatic carbocycles. The molecule has 5 aliphatic rings. The Bertz CT molecular complexity index is 758. The van der Waals surface area contributed by atoms with E-state index in [2.05, 4.69) is 32.0 Å². The third kappa shape index (κ3) is 2.50. The third-order valence-corrected chi connectivity index (χ3v) is 10.5. The van der Waals surface area contributed by atoms with Crippen molar-refractivity contribution in [3.05, 3.63) is 29.3 Å². The normalized spacial score (nSPS) is 42.7. The summed E-state index contributed by atoms with van der Waals surface area (Å²) in [5.41, 5.74) is 4.56. The van der Waals surface area contributed by atoms with Gasteiger partial charge in [0.2, 0.25) is 0 Å². The largest absolute Gasteiger partial charge is 0.490 e. The lowest BCUT2D eigenvalue weighted by atomic mass is 9.50. The zero-order valence-corrected chi connectivity index (χ0v) is 18.0. The van der Waals surface area contributed by atoms with Gasteiger partial charge in [0.25, 0.3) is 0 Å². The Hall–Kier alpha value is -0.980. The van der Waals surface area contributed by atoms with Gasteiger partial charge in [-0.2, -0.15) is 0 Å². The predicted molar refractivity (Wildman–Crippen MR) is 115 cm³/mol. The van der Waals surface area contributed by atoms with Crippen molar-refractivity contribution in [2.75, 3.05) is 0 Å². The van der Waals surface area contributed by atoms with Crippen LogP contribution in [0.15, 0.2) is 18.2 Å². The topological polar surface area (TPSA) is 9.23 Å². The van der Waals surface area contributed by atoms with E-state index >= 15 is 0 Å². The van der Waals surface area contributed by atoms with Crippen LogP contribution in [-0.2, 0) is 6.42 Å². The second kappa shape index (κ2) is 6.26. The van der Waals surface area contributed by atoms with Crippen molar-refractivity contribution in [2.45, 2.75) is 103 Å². The van der Waals surface area contributed by atoms with Crippen LogP contribution in [0.4, 0.5) is 0 Å². The van der Waals surface area contributed by atoms with Gasteiger partial charge in [0, 0.05) is 0 Å². The van der Waals surface area contributed by atoms with Crippen LogP contribution in [0.1, 0.15) is 102 Å². The minimum Gasteiger partial charge on any atom is -0.490 e. The van der Waals surface area contributed by atoms with Crippen molar-refractivity contribution in [1.29, 1.82) is 0 Å². The van der Waals surface area contributed by atoms with Crippen LogP contribution in [0.3, 0.4) is 0 Å². The molecule has 0 aliphatic heterocycles. The number of benzene rings is 1. The summed E-state index contributed by atoms with van der Waals surface area (Å²) in [6.07, 6.45) is 17.3. The molecule has 1 aromatic rings. The van der Waals surface area contributed by atoms with E-state index in [9.17, 15) is 0 Å². The first-order valence-electron chi connectivity index (χ1n) is 12.4. The van der Waals surface area contributed by atoms with Gasteiger partial charge in [-0.1, -0.05) is 19.9 Å². The molecule has 5 atom stereocenters. The second-order valence-electron chi connectivity index (χ2n) is 11.5. The monoisotopic (exact) mass is 378 g/mol. The number of hydrogen-bond acceptors (Lipinski definition) is 1. The molecule has 0 N–H and O–H groups in total. The van der Waals surface area contributed by atoms with Crippen LogP contribution in [0.5, 0.6) is 5.75 Å². The van der Waals surface area contributed by atoms with Gasteiger partial charge in [-0.15, -0.1) is 0 Å². The number of fused-ring (bicyclic) bond motifs is 5. The third-order valence-electron chi connectivity index (χ3n) is 10.5. The quantitative estimate of drug-likeness (QED) is 0.537.